The van der Waals surface area contributed by atoms with Crippen molar-refractivity contribution < 1.29 is 5.11 Å². The lowest BCUT2D eigenvalue weighted by molar-refractivity contribution is 0.0481. The average Bonchev–Trinajstić information content (AvgIpc) is 2.37. The fourth-order valence-corrected chi connectivity index (χ4v) is 1.35. The molecule has 0 saturated carbocycles. The van der Waals surface area contributed by atoms with Crippen molar-refractivity contribution in [2.24, 2.45) is 0 Å². The van der Waals surface area contributed by atoms with Gasteiger partial charge in [-0.1, -0.05) is 20.8 Å². The van der Waals surface area contributed by atoms with Crippen LogP contribution in [0.5, 0.6) is 0 Å². The van der Waals surface area contributed by atoms with E-state index in [1.165, 1.54) is 0 Å². The standard InChI is InChI=1S/C7H15NO.C2H6/c1-3-7(9)4-5-8(2)6-7;1-2/h9H,3-6H2,1-2H3;1-2H3. The van der Waals surface area contributed by atoms with E-state index in [0.29, 0.717) is 0 Å². The largest absolute Gasteiger partial charge is 0.389 e. The fraction of sp³-hybridized carbons (Fsp3) is 1.00. The Labute approximate surface area is 70.2 Å². The van der Waals surface area contributed by atoms with Gasteiger partial charge >= 0.3 is 0 Å². The van der Waals surface area contributed by atoms with Gasteiger partial charge in [-0.2, -0.15) is 0 Å². The second-order valence-corrected chi connectivity index (χ2v) is 3.07. The van der Waals surface area contributed by atoms with Gasteiger partial charge in [-0.25, -0.2) is 0 Å². The van der Waals surface area contributed by atoms with Gasteiger partial charge in [0.1, 0.15) is 0 Å². The monoisotopic (exact) mass is 159 g/mol. The Morgan fingerprint density at radius 2 is 2.00 bits per heavy atom. The van der Waals surface area contributed by atoms with Crippen LogP contribution in [0.2, 0.25) is 0 Å². The van der Waals surface area contributed by atoms with E-state index in [1.807, 2.05) is 27.8 Å². The first kappa shape index (κ1) is 10.9. The molecule has 0 aromatic carbocycles. The zero-order valence-corrected chi connectivity index (χ0v) is 8.22. The average molecular weight is 159 g/mol. The molecule has 1 fully saturated rings. The lowest BCUT2D eigenvalue weighted by Gasteiger charge is -2.19. The molecule has 0 bridgehead atoms. The molecule has 1 saturated heterocycles. The molecule has 68 valence electrons. The van der Waals surface area contributed by atoms with E-state index < -0.39 is 0 Å². The maximum atomic E-state index is 9.63. The third-order valence-corrected chi connectivity index (χ3v) is 2.18. The van der Waals surface area contributed by atoms with E-state index in [2.05, 4.69) is 4.90 Å². The quantitative estimate of drug-likeness (QED) is 0.626. The van der Waals surface area contributed by atoms with Crippen molar-refractivity contribution in [1.29, 1.82) is 0 Å². The number of nitrogens with zero attached hydrogens (tertiary/aromatic N) is 1. The van der Waals surface area contributed by atoms with Gasteiger partial charge in [-0.15, -0.1) is 0 Å². The van der Waals surface area contributed by atoms with Gasteiger partial charge in [0.25, 0.3) is 0 Å². The van der Waals surface area contributed by atoms with Crippen LogP contribution in [-0.2, 0) is 0 Å². The van der Waals surface area contributed by atoms with Crippen molar-refractivity contribution in [1.82, 2.24) is 4.90 Å². The molecule has 0 aromatic rings. The minimum Gasteiger partial charge on any atom is -0.389 e. The fourth-order valence-electron chi connectivity index (χ4n) is 1.35. The summed E-state index contributed by atoms with van der Waals surface area (Å²) in [4.78, 5) is 2.17. The molecule has 2 heteroatoms. The number of aliphatic hydroxyl groups is 1. The minimum absolute atomic E-state index is 0.366. The Balaban J connectivity index is 0.000000461. The molecule has 1 aliphatic rings. The van der Waals surface area contributed by atoms with Crippen LogP contribution in [0.1, 0.15) is 33.6 Å². The van der Waals surface area contributed by atoms with Crippen LogP contribution in [0.15, 0.2) is 0 Å². The predicted octanol–water partition coefficient (Wildman–Crippen LogP) is 1.49. The highest BCUT2D eigenvalue weighted by Gasteiger charge is 2.31. The van der Waals surface area contributed by atoms with Gasteiger partial charge in [0.2, 0.25) is 0 Å². The molecule has 1 atom stereocenters. The second kappa shape index (κ2) is 4.73. The van der Waals surface area contributed by atoms with Crippen LogP contribution < -0.4 is 0 Å². The van der Waals surface area contributed by atoms with Crippen molar-refractivity contribution >= 4 is 0 Å². The zero-order chi connectivity index (χ0) is 8.91. The second-order valence-electron chi connectivity index (χ2n) is 3.07. The first-order valence-corrected chi connectivity index (χ1v) is 4.57. The molecule has 1 heterocycles. The van der Waals surface area contributed by atoms with E-state index >= 15 is 0 Å². The molecule has 2 nitrogen and oxygen atoms in total. The van der Waals surface area contributed by atoms with Gasteiger partial charge in [0.05, 0.1) is 5.60 Å². The summed E-state index contributed by atoms with van der Waals surface area (Å²) < 4.78 is 0. The molecule has 0 aromatic heterocycles. The van der Waals surface area contributed by atoms with Crippen LogP contribution in [0.3, 0.4) is 0 Å². The summed E-state index contributed by atoms with van der Waals surface area (Å²) in [5.41, 5.74) is -0.366. The summed E-state index contributed by atoms with van der Waals surface area (Å²) in [7, 11) is 2.05. The zero-order valence-electron chi connectivity index (χ0n) is 8.22. The van der Waals surface area contributed by atoms with Crippen LogP contribution in [0.25, 0.3) is 0 Å². The maximum absolute atomic E-state index is 9.63. The van der Waals surface area contributed by atoms with E-state index in [1.54, 1.807) is 0 Å². The van der Waals surface area contributed by atoms with Crippen molar-refractivity contribution in [2.75, 3.05) is 20.1 Å². The Hall–Kier alpha value is -0.0800. The third-order valence-electron chi connectivity index (χ3n) is 2.18. The molecular weight excluding hydrogens is 138 g/mol. The number of β-amino-alcohol motifs (C(OH)–C–C–N with tert-alkyl or cyclic N) is 1. The number of rotatable bonds is 1. The van der Waals surface area contributed by atoms with E-state index in [-0.39, 0.29) is 5.60 Å². The Morgan fingerprint density at radius 1 is 1.45 bits per heavy atom. The molecular formula is C9H21NO. The minimum atomic E-state index is -0.366. The molecule has 1 N–H and O–H groups in total. The van der Waals surface area contributed by atoms with E-state index in [9.17, 15) is 5.11 Å². The smallest absolute Gasteiger partial charge is 0.0783 e. The number of hydrogen-bond acceptors (Lipinski definition) is 2. The van der Waals surface area contributed by atoms with Crippen molar-refractivity contribution in [3.63, 3.8) is 0 Å². The van der Waals surface area contributed by atoms with E-state index in [0.717, 1.165) is 25.9 Å². The Bertz CT molecular complexity index is 106. The summed E-state index contributed by atoms with van der Waals surface area (Å²) in [5.74, 6) is 0. The lowest BCUT2D eigenvalue weighted by Crippen LogP contribution is -2.30. The first-order chi connectivity index (χ1) is 5.16. The molecule has 0 amide bonds. The van der Waals surface area contributed by atoms with Crippen LogP contribution in [0.4, 0.5) is 0 Å². The number of likely N-dealkylation sites (tertiary alicyclic amines) is 1. The highest BCUT2D eigenvalue weighted by atomic mass is 16.3. The highest BCUT2D eigenvalue weighted by Crippen LogP contribution is 2.22. The third kappa shape index (κ3) is 3.21. The SMILES string of the molecule is CC.CCC1(O)CCN(C)C1. The summed E-state index contributed by atoms with van der Waals surface area (Å²) >= 11 is 0. The molecule has 0 aliphatic carbocycles. The van der Waals surface area contributed by atoms with Gasteiger partial charge in [0.15, 0.2) is 0 Å². The van der Waals surface area contributed by atoms with Crippen LogP contribution in [0, 0.1) is 0 Å². The summed E-state index contributed by atoms with van der Waals surface area (Å²) in [5, 5.41) is 9.63. The molecule has 0 radical (unpaired) electrons. The molecule has 1 rings (SSSR count). The van der Waals surface area contributed by atoms with Gasteiger partial charge in [-0.3, -0.25) is 0 Å². The van der Waals surface area contributed by atoms with Crippen molar-refractivity contribution in [3.8, 4) is 0 Å². The first-order valence-electron chi connectivity index (χ1n) is 4.57. The molecule has 1 unspecified atom stereocenters. The Kier molecular flexibility index (Phi) is 4.69. The van der Waals surface area contributed by atoms with Crippen LogP contribution in [-0.4, -0.2) is 35.7 Å². The van der Waals surface area contributed by atoms with Gasteiger partial charge in [0, 0.05) is 13.1 Å². The summed E-state index contributed by atoms with van der Waals surface area (Å²) in [6.07, 6.45) is 1.83. The normalized spacial score (nSPS) is 31.4. The predicted molar refractivity (Wildman–Crippen MR) is 48.7 cm³/mol. The topological polar surface area (TPSA) is 23.5 Å². The molecule has 1 aliphatic heterocycles. The van der Waals surface area contributed by atoms with E-state index in [4.69, 9.17) is 0 Å². The number of hydrogen-bond donors (Lipinski definition) is 1. The maximum Gasteiger partial charge on any atom is 0.0783 e. The molecule has 11 heavy (non-hydrogen) atoms. The van der Waals surface area contributed by atoms with Crippen molar-refractivity contribution in [3.05, 3.63) is 0 Å². The highest BCUT2D eigenvalue weighted by molar-refractivity contribution is 4.86. The van der Waals surface area contributed by atoms with Gasteiger partial charge < -0.3 is 10.0 Å². The van der Waals surface area contributed by atoms with Crippen LogP contribution >= 0.6 is 0 Å². The summed E-state index contributed by atoms with van der Waals surface area (Å²) in [6.45, 7) is 7.94. The lowest BCUT2D eigenvalue weighted by atomic mass is 10.0. The van der Waals surface area contributed by atoms with Gasteiger partial charge in [-0.05, 0) is 19.9 Å². The summed E-state index contributed by atoms with van der Waals surface area (Å²) in [6, 6.07) is 0. The Morgan fingerprint density at radius 3 is 2.18 bits per heavy atom. The molecule has 0 spiro atoms. The number of likely N-dealkylation sites (N-methyl/N-ethyl adjacent to an activating group) is 1. The van der Waals surface area contributed by atoms with Crippen molar-refractivity contribution in [2.45, 2.75) is 39.2 Å².